The number of hydrogen-bond donors (Lipinski definition) is 1. The number of alkyl halides is 3. The van der Waals surface area contributed by atoms with Gasteiger partial charge in [-0.25, -0.2) is 0 Å². The third kappa shape index (κ3) is 3.98. The van der Waals surface area contributed by atoms with Gasteiger partial charge in [0, 0.05) is 18.8 Å². The number of nitrogens with zero attached hydrogens (tertiary/aromatic N) is 3. The van der Waals surface area contributed by atoms with Gasteiger partial charge in [-0.3, -0.25) is 0 Å². The lowest BCUT2D eigenvalue weighted by molar-refractivity contribution is -0.137. The van der Waals surface area contributed by atoms with Crippen LogP contribution in [0.25, 0.3) is 0 Å². The molecule has 0 saturated carbocycles. The first kappa shape index (κ1) is 15.8. The summed E-state index contributed by atoms with van der Waals surface area (Å²) in [6.07, 6.45) is -4.32. The fourth-order valence-electron chi connectivity index (χ4n) is 1.84. The third-order valence-corrected chi connectivity index (χ3v) is 3.91. The Balaban J connectivity index is 2.10. The maximum atomic E-state index is 12.7. The van der Waals surface area contributed by atoms with Gasteiger partial charge in [0.15, 0.2) is 5.16 Å². The molecule has 0 amide bonds. The molecular formula is C13H15F3N4S. The van der Waals surface area contributed by atoms with Gasteiger partial charge in [-0.15, -0.1) is 10.2 Å². The third-order valence-electron chi connectivity index (χ3n) is 2.88. The minimum Gasteiger partial charge on any atom is -0.329 e. The van der Waals surface area contributed by atoms with Crippen molar-refractivity contribution in [3.63, 3.8) is 0 Å². The Morgan fingerprint density at radius 2 is 2.05 bits per heavy atom. The van der Waals surface area contributed by atoms with E-state index in [1.165, 1.54) is 17.8 Å². The lowest BCUT2D eigenvalue weighted by atomic mass is 10.1. The van der Waals surface area contributed by atoms with Crippen molar-refractivity contribution < 1.29 is 13.2 Å². The average molecular weight is 316 g/mol. The van der Waals surface area contributed by atoms with Crippen LogP contribution in [0.15, 0.2) is 29.4 Å². The van der Waals surface area contributed by atoms with Crippen LogP contribution in [0.5, 0.6) is 0 Å². The fourth-order valence-corrected chi connectivity index (χ4v) is 2.79. The Labute approximate surface area is 124 Å². The van der Waals surface area contributed by atoms with Crippen LogP contribution in [0.2, 0.25) is 0 Å². The molecule has 2 N–H and O–H groups in total. The van der Waals surface area contributed by atoms with Crippen LogP contribution in [0.3, 0.4) is 0 Å². The first-order valence-electron chi connectivity index (χ1n) is 6.30. The molecular weight excluding hydrogens is 301 g/mol. The van der Waals surface area contributed by atoms with Gasteiger partial charge in [0.1, 0.15) is 5.82 Å². The van der Waals surface area contributed by atoms with Gasteiger partial charge in [0.25, 0.3) is 0 Å². The van der Waals surface area contributed by atoms with Gasteiger partial charge >= 0.3 is 6.18 Å². The Morgan fingerprint density at radius 3 is 2.71 bits per heavy atom. The van der Waals surface area contributed by atoms with Crippen LogP contribution in [0, 0.1) is 6.92 Å². The second-order valence-corrected chi connectivity index (χ2v) is 5.40. The highest BCUT2D eigenvalue weighted by atomic mass is 32.2. The molecule has 0 radical (unpaired) electrons. The van der Waals surface area contributed by atoms with Crippen molar-refractivity contribution in [1.82, 2.24) is 14.8 Å². The van der Waals surface area contributed by atoms with Crippen molar-refractivity contribution in [2.45, 2.75) is 30.6 Å². The zero-order valence-electron chi connectivity index (χ0n) is 11.4. The Morgan fingerprint density at radius 1 is 1.29 bits per heavy atom. The monoisotopic (exact) mass is 316 g/mol. The van der Waals surface area contributed by atoms with Crippen molar-refractivity contribution in [2.24, 2.45) is 5.73 Å². The summed E-state index contributed by atoms with van der Waals surface area (Å²) in [5.41, 5.74) is 5.48. The van der Waals surface area contributed by atoms with Gasteiger partial charge in [-0.1, -0.05) is 30.0 Å². The molecule has 0 saturated heterocycles. The van der Waals surface area contributed by atoms with E-state index in [1.54, 1.807) is 6.07 Å². The molecule has 0 aliphatic rings. The number of hydrogen-bond acceptors (Lipinski definition) is 4. The topological polar surface area (TPSA) is 56.7 Å². The van der Waals surface area contributed by atoms with Crippen molar-refractivity contribution in [1.29, 1.82) is 0 Å². The molecule has 8 heteroatoms. The fraction of sp³-hybridized carbons (Fsp3) is 0.385. The zero-order chi connectivity index (χ0) is 15.5. The second kappa shape index (κ2) is 6.48. The van der Waals surface area contributed by atoms with E-state index in [0.717, 1.165) is 18.0 Å². The standard InChI is InChI=1S/C13H15F3N4S/c1-9-18-19-12(20(9)6-5-17)21-8-10-3-2-4-11(7-10)13(14,15)16/h2-4,7H,5-6,8,17H2,1H3. The number of nitrogens with two attached hydrogens (primary N) is 1. The number of aromatic nitrogens is 3. The lowest BCUT2D eigenvalue weighted by Crippen LogP contribution is -2.12. The molecule has 21 heavy (non-hydrogen) atoms. The van der Waals surface area contributed by atoms with Crippen LogP contribution in [-0.2, 0) is 18.5 Å². The summed E-state index contributed by atoms with van der Waals surface area (Å²) in [6, 6.07) is 5.30. The summed E-state index contributed by atoms with van der Waals surface area (Å²) in [6.45, 7) is 2.86. The molecule has 0 aliphatic heterocycles. The largest absolute Gasteiger partial charge is 0.416 e. The highest BCUT2D eigenvalue weighted by molar-refractivity contribution is 7.98. The molecule has 4 nitrogen and oxygen atoms in total. The summed E-state index contributed by atoms with van der Waals surface area (Å²) < 4.78 is 39.8. The molecule has 114 valence electrons. The average Bonchev–Trinajstić information content (AvgIpc) is 2.78. The molecule has 0 bridgehead atoms. The molecule has 1 aromatic heterocycles. The van der Waals surface area contributed by atoms with Crippen LogP contribution >= 0.6 is 11.8 Å². The molecule has 1 aromatic carbocycles. The predicted octanol–water partition coefficient (Wildman–Crippen LogP) is 2.86. The molecule has 2 rings (SSSR count). The zero-order valence-corrected chi connectivity index (χ0v) is 12.2. The van der Waals surface area contributed by atoms with E-state index in [0.29, 0.717) is 29.6 Å². The molecule has 0 fully saturated rings. The number of benzene rings is 1. The normalized spacial score (nSPS) is 11.9. The maximum absolute atomic E-state index is 12.7. The van der Waals surface area contributed by atoms with E-state index < -0.39 is 11.7 Å². The molecule has 0 spiro atoms. The maximum Gasteiger partial charge on any atom is 0.416 e. The van der Waals surface area contributed by atoms with E-state index in [2.05, 4.69) is 10.2 Å². The molecule has 2 aromatic rings. The SMILES string of the molecule is Cc1nnc(SCc2cccc(C(F)(F)F)c2)n1CCN. The summed E-state index contributed by atoms with van der Waals surface area (Å²) in [5, 5.41) is 8.64. The molecule has 0 aliphatic carbocycles. The Hall–Kier alpha value is -1.54. The van der Waals surface area contributed by atoms with E-state index >= 15 is 0 Å². The number of aryl methyl sites for hydroxylation is 1. The van der Waals surface area contributed by atoms with E-state index in [-0.39, 0.29) is 0 Å². The highest BCUT2D eigenvalue weighted by Crippen LogP contribution is 2.31. The van der Waals surface area contributed by atoms with Gasteiger partial charge in [-0.2, -0.15) is 13.2 Å². The lowest BCUT2D eigenvalue weighted by Gasteiger charge is -2.09. The minimum absolute atomic E-state index is 0.395. The van der Waals surface area contributed by atoms with Gasteiger partial charge in [-0.05, 0) is 18.6 Å². The van der Waals surface area contributed by atoms with Crippen LogP contribution in [0.4, 0.5) is 13.2 Å². The Kier molecular flexibility index (Phi) is 4.89. The van der Waals surface area contributed by atoms with Crippen molar-refractivity contribution in [3.8, 4) is 0 Å². The van der Waals surface area contributed by atoms with E-state index in [9.17, 15) is 13.2 Å². The summed E-state index contributed by atoms with van der Waals surface area (Å²) in [5.74, 6) is 1.14. The van der Waals surface area contributed by atoms with Crippen molar-refractivity contribution in [2.75, 3.05) is 6.54 Å². The molecule has 1 heterocycles. The van der Waals surface area contributed by atoms with Crippen LogP contribution in [0.1, 0.15) is 17.0 Å². The summed E-state index contributed by atoms with van der Waals surface area (Å²) in [7, 11) is 0. The smallest absolute Gasteiger partial charge is 0.329 e. The van der Waals surface area contributed by atoms with Crippen molar-refractivity contribution in [3.05, 3.63) is 41.2 Å². The van der Waals surface area contributed by atoms with Gasteiger partial charge in [0.2, 0.25) is 0 Å². The molecule has 0 unspecified atom stereocenters. The highest BCUT2D eigenvalue weighted by Gasteiger charge is 2.30. The van der Waals surface area contributed by atoms with E-state index in [4.69, 9.17) is 5.73 Å². The minimum atomic E-state index is -4.32. The van der Waals surface area contributed by atoms with Crippen LogP contribution in [-0.4, -0.2) is 21.3 Å². The quantitative estimate of drug-likeness (QED) is 0.862. The van der Waals surface area contributed by atoms with E-state index in [1.807, 2.05) is 11.5 Å². The Bertz CT molecular complexity index is 610. The first-order valence-corrected chi connectivity index (χ1v) is 7.29. The summed E-state index contributed by atoms with van der Waals surface area (Å²) >= 11 is 1.35. The number of rotatable bonds is 5. The molecule has 0 atom stereocenters. The second-order valence-electron chi connectivity index (χ2n) is 4.46. The van der Waals surface area contributed by atoms with Crippen molar-refractivity contribution >= 4 is 11.8 Å². The van der Waals surface area contributed by atoms with Gasteiger partial charge in [0.05, 0.1) is 5.56 Å². The summed E-state index contributed by atoms with van der Waals surface area (Å²) in [4.78, 5) is 0. The van der Waals surface area contributed by atoms with Gasteiger partial charge < -0.3 is 10.3 Å². The van der Waals surface area contributed by atoms with Crippen LogP contribution < -0.4 is 5.73 Å². The predicted molar refractivity (Wildman–Crippen MR) is 74.8 cm³/mol. The number of halogens is 3. The first-order chi connectivity index (χ1) is 9.91. The number of thioether (sulfide) groups is 1.